The lowest BCUT2D eigenvalue weighted by Crippen LogP contribution is -2.31. The van der Waals surface area contributed by atoms with Crippen LogP contribution in [0.1, 0.15) is 68.1 Å². The molecule has 0 amide bonds. The van der Waals surface area contributed by atoms with Crippen molar-refractivity contribution in [2.45, 2.75) is 65.8 Å². The van der Waals surface area contributed by atoms with Crippen LogP contribution >= 0.6 is 11.6 Å². The van der Waals surface area contributed by atoms with Gasteiger partial charge in [0.2, 0.25) is 5.95 Å². The van der Waals surface area contributed by atoms with Crippen LogP contribution in [0.3, 0.4) is 0 Å². The average molecular weight is 485 g/mol. The Morgan fingerprint density at radius 3 is 2.56 bits per heavy atom. The molecule has 4 rings (SSSR count). The van der Waals surface area contributed by atoms with E-state index in [0.717, 1.165) is 47.8 Å². The molecule has 2 aromatic carbocycles. The first-order valence-electron chi connectivity index (χ1n) is 12.2. The molecule has 0 radical (unpaired) electrons. The van der Waals surface area contributed by atoms with Crippen LogP contribution in [-0.2, 0) is 6.42 Å². The Labute approximate surface area is 206 Å². The van der Waals surface area contributed by atoms with Gasteiger partial charge in [0.15, 0.2) is 0 Å². The third-order valence-corrected chi connectivity index (χ3v) is 6.91. The van der Waals surface area contributed by atoms with Gasteiger partial charge in [-0.15, -0.1) is 5.10 Å². The molecule has 0 N–H and O–H groups in total. The fourth-order valence-electron chi connectivity index (χ4n) is 4.47. The summed E-state index contributed by atoms with van der Waals surface area (Å²) < 4.78 is 21.8. The number of aryl methyl sites for hydroxylation is 3. The van der Waals surface area contributed by atoms with E-state index in [2.05, 4.69) is 24.8 Å². The number of nitrogens with zero attached hydrogens (tertiary/aromatic N) is 4. The summed E-state index contributed by atoms with van der Waals surface area (Å²) >= 11 is 6.64. The van der Waals surface area contributed by atoms with Crippen LogP contribution in [0.2, 0.25) is 5.02 Å². The average Bonchev–Trinajstić information content (AvgIpc) is 3.55. The molecule has 1 unspecified atom stereocenters. The van der Waals surface area contributed by atoms with E-state index in [0.29, 0.717) is 28.9 Å². The van der Waals surface area contributed by atoms with Crippen molar-refractivity contribution >= 4 is 17.5 Å². The third-order valence-electron chi connectivity index (χ3n) is 6.60. The zero-order chi connectivity index (χ0) is 24.4. The van der Waals surface area contributed by atoms with Crippen LogP contribution in [0.15, 0.2) is 30.3 Å². The number of ether oxygens (including phenoxy) is 1. The number of rotatable bonds is 10. The zero-order valence-corrected chi connectivity index (χ0v) is 21.5. The molecule has 1 atom stereocenters. The summed E-state index contributed by atoms with van der Waals surface area (Å²) in [7, 11) is 1.64. The molecule has 0 saturated heterocycles. The standard InChI is InChI=1S/C27H34ClFN4O/c1-6-12-32(23(14-19-9-10-19)20-11-8-17(3)22(29)15-20)27-30-26(7-2)33(31-27)24-13-18(4)25(34-5)16-21(24)28/h8,11,13,15-16,19,23H,6-7,9-10,12,14H2,1-5H3. The van der Waals surface area contributed by atoms with Crippen molar-refractivity contribution in [1.29, 1.82) is 0 Å². The van der Waals surface area contributed by atoms with Crippen molar-refractivity contribution in [2.24, 2.45) is 5.92 Å². The highest BCUT2D eigenvalue weighted by molar-refractivity contribution is 6.32. The highest BCUT2D eigenvalue weighted by atomic mass is 35.5. The molecule has 1 fully saturated rings. The number of methoxy groups -OCH3 is 1. The quantitative estimate of drug-likeness (QED) is 0.310. The van der Waals surface area contributed by atoms with Crippen molar-refractivity contribution in [1.82, 2.24) is 14.8 Å². The second-order valence-electron chi connectivity index (χ2n) is 9.26. The minimum atomic E-state index is -0.164. The maximum Gasteiger partial charge on any atom is 0.245 e. The largest absolute Gasteiger partial charge is 0.496 e. The van der Waals surface area contributed by atoms with Gasteiger partial charge in [-0.25, -0.2) is 9.07 Å². The highest BCUT2D eigenvalue weighted by Gasteiger charge is 2.32. The van der Waals surface area contributed by atoms with E-state index < -0.39 is 0 Å². The number of aromatic nitrogens is 3. The van der Waals surface area contributed by atoms with Crippen molar-refractivity contribution in [3.8, 4) is 11.4 Å². The van der Waals surface area contributed by atoms with Crippen LogP contribution < -0.4 is 9.64 Å². The van der Waals surface area contributed by atoms with Gasteiger partial charge in [-0.05, 0) is 61.4 Å². The Balaban J connectivity index is 1.78. The molecular weight excluding hydrogens is 451 g/mol. The fraction of sp³-hybridized carbons (Fsp3) is 0.481. The van der Waals surface area contributed by atoms with Crippen LogP contribution in [0, 0.1) is 25.6 Å². The van der Waals surface area contributed by atoms with Crippen LogP contribution in [-0.4, -0.2) is 28.4 Å². The maximum atomic E-state index is 14.6. The molecule has 1 aliphatic carbocycles. The van der Waals surface area contributed by atoms with Gasteiger partial charge >= 0.3 is 0 Å². The van der Waals surface area contributed by atoms with E-state index in [1.807, 2.05) is 29.8 Å². The highest BCUT2D eigenvalue weighted by Crippen LogP contribution is 2.41. The normalized spacial score (nSPS) is 14.3. The monoisotopic (exact) mass is 484 g/mol. The number of hydrogen-bond acceptors (Lipinski definition) is 4. The topological polar surface area (TPSA) is 43.2 Å². The molecule has 3 aromatic rings. The number of anilines is 1. The summed E-state index contributed by atoms with van der Waals surface area (Å²) in [5.41, 5.74) is 3.41. The van der Waals surface area contributed by atoms with Crippen molar-refractivity contribution in [3.05, 3.63) is 63.7 Å². The fourth-order valence-corrected chi connectivity index (χ4v) is 4.70. The Morgan fingerprint density at radius 1 is 1.18 bits per heavy atom. The van der Waals surface area contributed by atoms with Gasteiger partial charge in [-0.1, -0.05) is 50.4 Å². The molecule has 7 heteroatoms. The molecule has 0 bridgehead atoms. The first kappa shape index (κ1) is 24.5. The molecule has 5 nitrogen and oxygen atoms in total. The van der Waals surface area contributed by atoms with Crippen LogP contribution in [0.5, 0.6) is 5.75 Å². The third kappa shape index (κ3) is 5.07. The second-order valence-corrected chi connectivity index (χ2v) is 9.67. The second kappa shape index (κ2) is 10.3. The number of benzene rings is 2. The van der Waals surface area contributed by atoms with E-state index in [-0.39, 0.29) is 11.9 Å². The van der Waals surface area contributed by atoms with Gasteiger partial charge in [0, 0.05) is 19.0 Å². The van der Waals surface area contributed by atoms with Gasteiger partial charge in [0.25, 0.3) is 0 Å². The summed E-state index contributed by atoms with van der Waals surface area (Å²) in [4.78, 5) is 7.20. The minimum Gasteiger partial charge on any atom is -0.496 e. The number of halogens is 2. The lowest BCUT2D eigenvalue weighted by Gasteiger charge is -2.31. The molecule has 1 saturated carbocycles. The van der Waals surface area contributed by atoms with Gasteiger partial charge < -0.3 is 9.64 Å². The predicted molar refractivity (Wildman–Crippen MR) is 136 cm³/mol. The van der Waals surface area contributed by atoms with E-state index in [1.54, 1.807) is 20.1 Å². The smallest absolute Gasteiger partial charge is 0.245 e. The van der Waals surface area contributed by atoms with Gasteiger partial charge in [-0.2, -0.15) is 4.98 Å². The van der Waals surface area contributed by atoms with Crippen molar-refractivity contribution in [2.75, 3.05) is 18.6 Å². The molecular formula is C27H34ClFN4O. The summed E-state index contributed by atoms with van der Waals surface area (Å²) in [6, 6.07) is 9.44. The van der Waals surface area contributed by atoms with Gasteiger partial charge in [0.1, 0.15) is 17.4 Å². The van der Waals surface area contributed by atoms with Crippen LogP contribution in [0.4, 0.5) is 10.3 Å². The minimum absolute atomic E-state index is 0.0242. The Bertz CT molecular complexity index is 1160. The SMILES string of the molecule is CCCN(c1nc(CC)n(-c2cc(C)c(OC)cc2Cl)n1)C(CC1CC1)c1ccc(C)c(F)c1. The summed E-state index contributed by atoms with van der Waals surface area (Å²) in [6.45, 7) is 8.79. The molecule has 1 heterocycles. The lowest BCUT2D eigenvalue weighted by molar-refractivity contribution is 0.411. The number of hydrogen-bond donors (Lipinski definition) is 0. The maximum absolute atomic E-state index is 14.6. The van der Waals surface area contributed by atoms with E-state index in [1.165, 1.54) is 12.8 Å². The van der Waals surface area contributed by atoms with E-state index in [9.17, 15) is 4.39 Å². The molecule has 182 valence electrons. The summed E-state index contributed by atoms with van der Waals surface area (Å²) in [5, 5.41) is 5.52. The summed E-state index contributed by atoms with van der Waals surface area (Å²) in [5.74, 6) is 2.74. The first-order valence-corrected chi connectivity index (χ1v) is 12.6. The van der Waals surface area contributed by atoms with Gasteiger partial charge in [-0.3, -0.25) is 0 Å². The summed E-state index contributed by atoms with van der Waals surface area (Å²) in [6.07, 6.45) is 5.08. The first-order chi connectivity index (χ1) is 16.4. The molecule has 1 aromatic heterocycles. The molecule has 0 aliphatic heterocycles. The Kier molecular flexibility index (Phi) is 7.46. The van der Waals surface area contributed by atoms with Crippen molar-refractivity contribution < 1.29 is 9.13 Å². The predicted octanol–water partition coefficient (Wildman–Crippen LogP) is 7.01. The van der Waals surface area contributed by atoms with E-state index >= 15 is 0 Å². The van der Waals surface area contributed by atoms with Gasteiger partial charge in [0.05, 0.1) is 23.9 Å². The molecule has 0 spiro atoms. The lowest BCUT2D eigenvalue weighted by atomic mass is 9.98. The molecule has 34 heavy (non-hydrogen) atoms. The Morgan fingerprint density at radius 2 is 1.94 bits per heavy atom. The Hall–Kier alpha value is -2.60. The van der Waals surface area contributed by atoms with E-state index in [4.69, 9.17) is 26.4 Å². The molecule has 1 aliphatic rings. The van der Waals surface area contributed by atoms with Crippen LogP contribution in [0.25, 0.3) is 5.69 Å². The van der Waals surface area contributed by atoms with Crippen molar-refractivity contribution in [3.63, 3.8) is 0 Å². The zero-order valence-electron chi connectivity index (χ0n) is 20.7.